The minimum Gasteiger partial charge on any atom is -0.496 e. The van der Waals surface area contributed by atoms with Crippen LogP contribution < -0.4 is 24.8 Å². The van der Waals surface area contributed by atoms with Gasteiger partial charge in [0.1, 0.15) is 17.2 Å². The van der Waals surface area contributed by atoms with Gasteiger partial charge in [0.25, 0.3) is 5.91 Å². The highest BCUT2D eigenvalue weighted by molar-refractivity contribution is 5.81. The smallest absolute Gasteiger partial charge is 0.496 e. The molecule has 1 N–H and O–H groups in total. The fourth-order valence-corrected chi connectivity index (χ4v) is 4.43. The number of methoxy groups -OCH3 is 1. The van der Waals surface area contributed by atoms with E-state index in [-0.39, 0.29) is 31.4 Å². The van der Waals surface area contributed by atoms with Crippen LogP contribution in [0.25, 0.3) is 5.57 Å². The molecule has 1 atom stereocenters. The van der Waals surface area contributed by atoms with Crippen molar-refractivity contribution < 1.29 is 37.0 Å². The number of alkyl halides is 3. The summed E-state index contributed by atoms with van der Waals surface area (Å²) in [6.45, 7) is 1.54. The highest BCUT2D eigenvalue weighted by Gasteiger charge is 2.31. The highest BCUT2D eigenvalue weighted by Crippen LogP contribution is 2.33. The van der Waals surface area contributed by atoms with Crippen LogP contribution in [0, 0.1) is 0 Å². The maximum absolute atomic E-state index is 12.9. The van der Waals surface area contributed by atoms with Crippen molar-refractivity contribution in [2.75, 3.05) is 20.3 Å². The number of halogens is 3. The number of hydrogen-bond donors (Lipinski definition) is 1. The molecule has 41 heavy (non-hydrogen) atoms. The molecule has 2 amide bonds. The molecule has 215 valence electrons. The molecular formula is C30H29F3N3O5. The molecule has 0 fully saturated rings. The molecular weight excluding hydrogens is 539 g/mol. The van der Waals surface area contributed by atoms with Gasteiger partial charge in [0.05, 0.1) is 18.8 Å². The highest BCUT2D eigenvalue weighted by atomic mass is 19.4. The van der Waals surface area contributed by atoms with Crippen molar-refractivity contribution in [1.82, 2.24) is 15.5 Å². The number of nitrogens with one attached hydrogen (secondary N) is 1. The molecule has 3 aromatic carbocycles. The van der Waals surface area contributed by atoms with Crippen LogP contribution in [0.4, 0.5) is 18.9 Å². The van der Waals surface area contributed by atoms with Crippen molar-refractivity contribution in [2.45, 2.75) is 32.3 Å². The number of hydrogen-bond acceptors (Lipinski definition) is 5. The zero-order valence-electron chi connectivity index (χ0n) is 22.5. The Balaban J connectivity index is 1.45. The summed E-state index contributed by atoms with van der Waals surface area (Å²) in [5, 5.41) is 7.39. The first-order valence-corrected chi connectivity index (χ1v) is 12.8. The number of rotatable bonds is 12. The predicted molar refractivity (Wildman–Crippen MR) is 145 cm³/mol. The third kappa shape index (κ3) is 8.41. The van der Waals surface area contributed by atoms with Crippen LogP contribution in [-0.4, -0.2) is 49.4 Å². The summed E-state index contributed by atoms with van der Waals surface area (Å²) in [6, 6.07) is 19.3. The molecule has 0 saturated heterocycles. The summed E-state index contributed by atoms with van der Waals surface area (Å²) in [6.07, 6.45) is -2.66. The van der Waals surface area contributed by atoms with Gasteiger partial charge in [0.15, 0.2) is 6.61 Å². The number of benzene rings is 3. The molecule has 4 rings (SSSR count). The molecule has 0 bridgehead atoms. The summed E-state index contributed by atoms with van der Waals surface area (Å²) in [5.74, 6) is -0.206. The molecule has 1 aliphatic rings. The Morgan fingerprint density at radius 1 is 0.976 bits per heavy atom. The van der Waals surface area contributed by atoms with Gasteiger partial charge in [0.2, 0.25) is 5.91 Å². The Labute approximate surface area is 235 Å². The van der Waals surface area contributed by atoms with Gasteiger partial charge in [-0.25, -0.2) is 0 Å². The molecule has 1 unspecified atom stereocenters. The van der Waals surface area contributed by atoms with Crippen molar-refractivity contribution >= 4 is 23.1 Å². The van der Waals surface area contributed by atoms with E-state index in [1.165, 1.54) is 19.1 Å². The summed E-state index contributed by atoms with van der Waals surface area (Å²) in [4.78, 5) is 27.2. The number of para-hydroxylation sites is 2. The lowest BCUT2D eigenvalue weighted by Crippen LogP contribution is -2.46. The number of fused-ring (bicyclic) bond motifs is 1. The van der Waals surface area contributed by atoms with Crippen LogP contribution in [-0.2, 0) is 16.1 Å². The van der Waals surface area contributed by atoms with Gasteiger partial charge < -0.3 is 24.4 Å². The number of carbonyl (C=O) groups is 2. The van der Waals surface area contributed by atoms with E-state index < -0.39 is 24.1 Å². The quantitative estimate of drug-likeness (QED) is 0.325. The van der Waals surface area contributed by atoms with Crippen molar-refractivity contribution in [3.63, 3.8) is 0 Å². The Hall–Kier alpha value is -4.67. The summed E-state index contributed by atoms with van der Waals surface area (Å²) >= 11 is 0. The van der Waals surface area contributed by atoms with Gasteiger partial charge in [-0.15, -0.1) is 13.2 Å². The molecule has 0 saturated carbocycles. The van der Waals surface area contributed by atoms with E-state index in [9.17, 15) is 22.8 Å². The molecule has 0 aromatic heterocycles. The Bertz CT molecular complexity index is 1390. The van der Waals surface area contributed by atoms with E-state index in [1.807, 2.05) is 48.5 Å². The minimum absolute atomic E-state index is 0.182. The molecule has 8 nitrogen and oxygen atoms in total. The number of carbonyl (C=O) groups excluding carboxylic acids is 2. The summed E-state index contributed by atoms with van der Waals surface area (Å²) in [7, 11) is 1.56. The normalized spacial score (nSPS) is 12.9. The topological polar surface area (TPSA) is 91.2 Å². The molecule has 1 aliphatic heterocycles. The van der Waals surface area contributed by atoms with Crippen LogP contribution >= 0.6 is 0 Å². The van der Waals surface area contributed by atoms with Crippen LogP contribution in [0.15, 0.2) is 79.0 Å². The second-order valence-corrected chi connectivity index (χ2v) is 9.29. The second-order valence-electron chi connectivity index (χ2n) is 9.29. The average molecular weight is 569 g/mol. The maximum atomic E-state index is 12.9. The maximum Gasteiger partial charge on any atom is 0.573 e. The van der Waals surface area contributed by atoms with Gasteiger partial charge in [-0.1, -0.05) is 36.4 Å². The van der Waals surface area contributed by atoms with E-state index in [0.29, 0.717) is 12.2 Å². The van der Waals surface area contributed by atoms with E-state index in [0.717, 1.165) is 34.5 Å². The molecule has 11 heteroatoms. The monoisotopic (exact) mass is 568 g/mol. The van der Waals surface area contributed by atoms with E-state index in [2.05, 4.69) is 15.4 Å². The lowest BCUT2D eigenvalue weighted by atomic mass is 9.99. The molecule has 3 aromatic rings. The van der Waals surface area contributed by atoms with Gasteiger partial charge >= 0.3 is 6.36 Å². The summed E-state index contributed by atoms with van der Waals surface area (Å²) in [5.41, 5.74) is 3.50. The van der Waals surface area contributed by atoms with Gasteiger partial charge in [-0.05, 0) is 48.4 Å². The zero-order chi connectivity index (χ0) is 29.4. The standard InChI is InChI=1S/C30H29F3N3O5/c1-20(37)36(17-21-7-3-6-10-28(21)39-2)18-23(15-22-16-34-27-9-5-4-8-26(22)27)35-29(38)19-40-24-11-13-25(14-12-24)41-30(31,32)33/h3-14,16,23H,15,17-19H2,1-2H3,(H,35,38). The van der Waals surface area contributed by atoms with Crippen LogP contribution in [0.1, 0.15) is 24.5 Å². The molecule has 1 heterocycles. The third-order valence-corrected chi connectivity index (χ3v) is 6.31. The lowest BCUT2D eigenvalue weighted by Gasteiger charge is -2.28. The van der Waals surface area contributed by atoms with Crippen LogP contribution in [0.2, 0.25) is 0 Å². The van der Waals surface area contributed by atoms with Crippen molar-refractivity contribution in [2.24, 2.45) is 0 Å². The fraction of sp³-hybridized carbons (Fsp3) is 0.267. The van der Waals surface area contributed by atoms with Crippen LogP contribution in [0.3, 0.4) is 0 Å². The summed E-state index contributed by atoms with van der Waals surface area (Å²) < 4.78 is 52.0. The average Bonchev–Trinajstić information content (AvgIpc) is 3.34. The van der Waals surface area contributed by atoms with Crippen LogP contribution in [0.5, 0.6) is 17.2 Å². The largest absolute Gasteiger partial charge is 0.573 e. The third-order valence-electron chi connectivity index (χ3n) is 6.31. The second kappa shape index (κ2) is 13.1. The first kappa shape index (κ1) is 29.3. The fourth-order valence-electron chi connectivity index (χ4n) is 4.43. The first-order valence-electron chi connectivity index (χ1n) is 12.8. The molecule has 1 radical (unpaired) electrons. The number of ether oxygens (including phenoxy) is 3. The van der Waals surface area contributed by atoms with Gasteiger partial charge in [0, 0.05) is 37.3 Å². The zero-order valence-corrected chi connectivity index (χ0v) is 22.5. The number of amides is 2. The Kier molecular flexibility index (Phi) is 9.38. The number of nitrogens with zero attached hydrogens (tertiary/aromatic N) is 2. The molecule has 0 aliphatic carbocycles. The van der Waals surface area contributed by atoms with Gasteiger partial charge in [-0.2, -0.15) is 0 Å². The van der Waals surface area contributed by atoms with E-state index >= 15 is 0 Å². The molecule has 0 spiro atoms. The van der Waals surface area contributed by atoms with E-state index in [1.54, 1.807) is 18.2 Å². The van der Waals surface area contributed by atoms with Crippen molar-refractivity contribution in [3.05, 3.63) is 90.1 Å². The Morgan fingerprint density at radius 3 is 2.37 bits per heavy atom. The van der Waals surface area contributed by atoms with Crippen molar-refractivity contribution in [3.8, 4) is 17.2 Å². The SMILES string of the molecule is COc1ccccc1CN(CC(CC1=C[N]c2ccccc21)NC(=O)COc1ccc(OC(F)(F)F)cc1)C(C)=O. The Morgan fingerprint density at radius 2 is 1.66 bits per heavy atom. The van der Waals surface area contributed by atoms with E-state index in [4.69, 9.17) is 9.47 Å². The van der Waals surface area contributed by atoms with Gasteiger partial charge in [-0.3, -0.25) is 14.9 Å². The lowest BCUT2D eigenvalue weighted by molar-refractivity contribution is -0.274. The minimum atomic E-state index is -4.81. The van der Waals surface area contributed by atoms with Crippen molar-refractivity contribution in [1.29, 1.82) is 0 Å². The first-order chi connectivity index (χ1) is 19.6. The predicted octanol–water partition coefficient (Wildman–Crippen LogP) is 5.19.